The Kier molecular flexibility index (Phi) is 6.81. The van der Waals surface area contributed by atoms with E-state index in [0.717, 1.165) is 10.4 Å². The van der Waals surface area contributed by atoms with Crippen LogP contribution < -0.4 is 5.32 Å². The molecule has 3 rings (SSSR count). The van der Waals surface area contributed by atoms with Crippen LogP contribution in [-0.4, -0.2) is 39.5 Å². The van der Waals surface area contributed by atoms with Gasteiger partial charge in [0.25, 0.3) is 0 Å². The second kappa shape index (κ2) is 9.14. The second-order valence-electron chi connectivity index (χ2n) is 5.99. The number of thioether (sulfide) groups is 1. The largest absolute Gasteiger partial charge is 0.465 e. The van der Waals surface area contributed by atoms with E-state index in [2.05, 4.69) is 31.4 Å². The molecule has 3 aromatic heterocycles. The number of hydrogen-bond acceptors (Lipinski definition) is 8. The van der Waals surface area contributed by atoms with Gasteiger partial charge in [-0.3, -0.25) is 4.79 Å². The third-order valence-corrected chi connectivity index (χ3v) is 6.68. The van der Waals surface area contributed by atoms with Crippen molar-refractivity contribution in [1.82, 2.24) is 14.8 Å². The molecule has 11 heteroatoms. The van der Waals surface area contributed by atoms with Gasteiger partial charge in [0.2, 0.25) is 5.91 Å². The van der Waals surface area contributed by atoms with Crippen LogP contribution in [0.3, 0.4) is 0 Å². The van der Waals surface area contributed by atoms with Gasteiger partial charge in [0.1, 0.15) is 5.00 Å². The second-order valence-corrected chi connectivity index (χ2v) is 8.94. The van der Waals surface area contributed by atoms with Gasteiger partial charge < -0.3 is 19.0 Å². The number of anilines is 1. The van der Waals surface area contributed by atoms with E-state index in [-0.39, 0.29) is 11.7 Å². The molecule has 0 atom stereocenters. The van der Waals surface area contributed by atoms with Crippen LogP contribution in [0.4, 0.5) is 5.00 Å². The molecule has 0 saturated heterocycles. The van der Waals surface area contributed by atoms with Gasteiger partial charge in [-0.1, -0.05) is 18.7 Å². The van der Waals surface area contributed by atoms with E-state index in [0.29, 0.717) is 38.4 Å². The SMILES string of the molecule is CCc1c(C)sc(NC(=O)CSc2nnc(-c3ccc(Br)o3)n2C)c1C(=O)OC. The molecule has 0 bridgehead atoms. The number of halogens is 1. The summed E-state index contributed by atoms with van der Waals surface area (Å²) in [6.45, 7) is 3.89. The van der Waals surface area contributed by atoms with E-state index in [1.807, 2.05) is 13.8 Å². The molecule has 0 spiro atoms. The van der Waals surface area contributed by atoms with Crippen molar-refractivity contribution in [3.63, 3.8) is 0 Å². The van der Waals surface area contributed by atoms with Crippen molar-refractivity contribution in [1.29, 1.82) is 0 Å². The van der Waals surface area contributed by atoms with Crippen LogP contribution in [0, 0.1) is 6.92 Å². The normalized spacial score (nSPS) is 10.9. The minimum atomic E-state index is -0.447. The summed E-state index contributed by atoms with van der Waals surface area (Å²) in [6.07, 6.45) is 0.683. The molecule has 1 N–H and O–H groups in total. The Morgan fingerprint density at radius 3 is 2.76 bits per heavy atom. The summed E-state index contributed by atoms with van der Waals surface area (Å²) in [4.78, 5) is 25.6. The zero-order valence-electron chi connectivity index (χ0n) is 16.2. The lowest BCUT2D eigenvalue weighted by atomic mass is 10.1. The van der Waals surface area contributed by atoms with Gasteiger partial charge >= 0.3 is 5.97 Å². The molecule has 0 aromatic carbocycles. The van der Waals surface area contributed by atoms with E-state index in [4.69, 9.17) is 9.15 Å². The van der Waals surface area contributed by atoms with Gasteiger partial charge in [0.15, 0.2) is 21.4 Å². The van der Waals surface area contributed by atoms with Crippen molar-refractivity contribution in [2.45, 2.75) is 25.4 Å². The summed E-state index contributed by atoms with van der Waals surface area (Å²) in [5.41, 5.74) is 1.33. The quantitative estimate of drug-likeness (QED) is 0.383. The van der Waals surface area contributed by atoms with Crippen molar-refractivity contribution in [2.75, 3.05) is 18.2 Å². The average Bonchev–Trinajstić information content (AvgIpc) is 3.36. The molecule has 8 nitrogen and oxygen atoms in total. The first-order valence-electron chi connectivity index (χ1n) is 8.64. The number of esters is 1. The van der Waals surface area contributed by atoms with Crippen LogP contribution in [0.15, 0.2) is 26.4 Å². The van der Waals surface area contributed by atoms with Crippen LogP contribution in [0.1, 0.15) is 27.7 Å². The monoisotopic (exact) mass is 498 g/mol. The number of methoxy groups -OCH3 is 1. The molecule has 1 amide bonds. The number of amides is 1. The molecule has 0 fully saturated rings. The lowest BCUT2D eigenvalue weighted by Crippen LogP contribution is -2.16. The number of carbonyl (C=O) groups excluding carboxylic acids is 2. The van der Waals surface area contributed by atoms with Gasteiger partial charge in [-0.2, -0.15) is 0 Å². The van der Waals surface area contributed by atoms with Crippen molar-refractivity contribution >= 4 is 55.9 Å². The van der Waals surface area contributed by atoms with Crippen LogP contribution in [0.25, 0.3) is 11.6 Å². The smallest absolute Gasteiger partial charge is 0.341 e. The summed E-state index contributed by atoms with van der Waals surface area (Å²) in [5.74, 6) is 0.568. The summed E-state index contributed by atoms with van der Waals surface area (Å²) in [7, 11) is 3.14. The summed E-state index contributed by atoms with van der Waals surface area (Å²) in [6, 6.07) is 3.56. The summed E-state index contributed by atoms with van der Waals surface area (Å²) < 4.78 is 12.7. The highest BCUT2D eigenvalue weighted by molar-refractivity contribution is 9.10. The molecule has 0 aliphatic rings. The van der Waals surface area contributed by atoms with Crippen molar-refractivity contribution < 1.29 is 18.7 Å². The molecule has 0 saturated carbocycles. The first kappa shape index (κ1) is 21.6. The van der Waals surface area contributed by atoms with Crippen LogP contribution in [0.2, 0.25) is 0 Å². The number of rotatable bonds is 7. The molecule has 0 radical (unpaired) electrons. The molecule has 3 aromatic rings. The number of furan rings is 1. The minimum Gasteiger partial charge on any atom is -0.465 e. The van der Waals surface area contributed by atoms with Crippen LogP contribution >= 0.6 is 39.0 Å². The Morgan fingerprint density at radius 1 is 1.38 bits per heavy atom. The predicted octanol–water partition coefficient (Wildman–Crippen LogP) is 4.29. The Labute approximate surface area is 184 Å². The van der Waals surface area contributed by atoms with Crippen LogP contribution in [0.5, 0.6) is 0 Å². The molecule has 3 heterocycles. The van der Waals surface area contributed by atoms with Gasteiger partial charge in [-0.15, -0.1) is 21.5 Å². The standard InChI is InChI=1S/C18H19BrN4O4S2/c1-5-10-9(2)29-16(14(10)17(25)26-4)20-13(24)8-28-18-22-21-15(23(18)3)11-6-7-12(19)27-11/h6-7H,5,8H2,1-4H3,(H,20,24). The van der Waals surface area contributed by atoms with Gasteiger partial charge in [-0.25, -0.2) is 4.79 Å². The van der Waals surface area contributed by atoms with Crippen molar-refractivity contribution in [2.24, 2.45) is 7.05 Å². The maximum Gasteiger partial charge on any atom is 0.341 e. The molecule has 0 aliphatic carbocycles. The lowest BCUT2D eigenvalue weighted by Gasteiger charge is -2.07. The molecule has 0 unspecified atom stereocenters. The fourth-order valence-electron chi connectivity index (χ4n) is 2.79. The fraction of sp³-hybridized carbons (Fsp3) is 0.333. The van der Waals surface area contributed by atoms with Gasteiger partial charge in [0, 0.05) is 11.9 Å². The minimum absolute atomic E-state index is 0.118. The highest BCUT2D eigenvalue weighted by Gasteiger charge is 2.23. The molecular weight excluding hydrogens is 480 g/mol. The summed E-state index contributed by atoms with van der Waals surface area (Å²) >= 11 is 5.88. The Hall–Kier alpha value is -2.11. The van der Waals surface area contributed by atoms with Crippen molar-refractivity contribution in [3.05, 3.63) is 32.8 Å². The van der Waals surface area contributed by atoms with E-state index in [9.17, 15) is 9.59 Å². The van der Waals surface area contributed by atoms with Crippen molar-refractivity contribution in [3.8, 4) is 11.6 Å². The first-order valence-corrected chi connectivity index (χ1v) is 11.2. The van der Waals surface area contributed by atoms with Gasteiger partial charge in [-0.05, 0) is 47.0 Å². The Balaban J connectivity index is 1.70. The number of thiophene rings is 1. The first-order chi connectivity index (χ1) is 13.8. The van der Waals surface area contributed by atoms with E-state index in [1.54, 1.807) is 23.7 Å². The summed E-state index contributed by atoms with van der Waals surface area (Å²) in [5, 5.41) is 12.2. The molecular formula is C18H19BrN4O4S2. The third-order valence-electron chi connectivity index (χ3n) is 4.17. The van der Waals surface area contributed by atoms with Crippen LogP contribution in [-0.2, 0) is 23.0 Å². The zero-order chi connectivity index (χ0) is 21.1. The fourth-order valence-corrected chi connectivity index (χ4v) is 4.96. The van der Waals surface area contributed by atoms with E-state index >= 15 is 0 Å². The Bertz CT molecular complexity index is 1060. The number of nitrogens with zero attached hydrogens (tertiary/aromatic N) is 3. The molecule has 154 valence electrons. The topological polar surface area (TPSA) is 99.3 Å². The predicted molar refractivity (Wildman–Crippen MR) is 116 cm³/mol. The number of aryl methyl sites for hydroxylation is 1. The van der Waals surface area contributed by atoms with Gasteiger partial charge in [0.05, 0.1) is 18.4 Å². The lowest BCUT2D eigenvalue weighted by molar-refractivity contribution is -0.113. The zero-order valence-corrected chi connectivity index (χ0v) is 19.5. The number of hydrogen-bond donors (Lipinski definition) is 1. The number of carbonyl (C=O) groups is 2. The third kappa shape index (κ3) is 4.57. The maximum absolute atomic E-state index is 12.5. The Morgan fingerprint density at radius 2 is 2.14 bits per heavy atom. The number of ether oxygens (including phenoxy) is 1. The number of aromatic nitrogens is 3. The van der Waals surface area contributed by atoms with E-state index < -0.39 is 5.97 Å². The molecule has 29 heavy (non-hydrogen) atoms. The maximum atomic E-state index is 12.5. The molecule has 0 aliphatic heterocycles. The highest BCUT2D eigenvalue weighted by Crippen LogP contribution is 2.34. The average molecular weight is 499 g/mol. The number of nitrogens with one attached hydrogen (secondary N) is 1. The highest BCUT2D eigenvalue weighted by atomic mass is 79.9. The van der Waals surface area contributed by atoms with E-state index in [1.165, 1.54) is 30.2 Å².